The van der Waals surface area contributed by atoms with Crippen molar-refractivity contribution < 1.29 is 45.8 Å². The Labute approximate surface area is 252 Å². The van der Waals surface area contributed by atoms with Gasteiger partial charge in [-0.05, 0) is 85.8 Å². The molecule has 2 aromatic rings. The first-order valence-electron chi connectivity index (χ1n) is 15.0. The molecule has 1 aliphatic heterocycles. The monoisotopic (exact) mass is 628 g/mol. The number of ether oxygens (including phenoxy) is 1. The third-order valence-corrected chi connectivity index (χ3v) is 8.44. The van der Waals surface area contributed by atoms with Gasteiger partial charge in [0.05, 0.1) is 6.61 Å². The molecule has 0 spiro atoms. The Hall–Kier alpha value is -3.28. The lowest BCUT2D eigenvalue weighted by Crippen LogP contribution is -2.53. The molecule has 0 radical (unpaired) electrons. The quantitative estimate of drug-likeness (QED) is 0.137. The highest BCUT2D eigenvalue weighted by Gasteiger charge is 2.71. The zero-order valence-corrected chi connectivity index (χ0v) is 25.0. The van der Waals surface area contributed by atoms with Crippen molar-refractivity contribution in [1.29, 1.82) is 0 Å². The van der Waals surface area contributed by atoms with Gasteiger partial charge in [-0.2, -0.15) is 26.3 Å². The maximum absolute atomic E-state index is 13.7. The molecule has 1 atom stereocenters. The molecule has 2 N–H and O–H groups in total. The van der Waals surface area contributed by atoms with E-state index in [1.165, 1.54) is 10.5 Å². The van der Waals surface area contributed by atoms with Gasteiger partial charge in [-0.15, -0.1) is 0 Å². The van der Waals surface area contributed by atoms with Gasteiger partial charge in [0.15, 0.2) is 0 Å². The van der Waals surface area contributed by atoms with Gasteiger partial charge in [0.1, 0.15) is 11.3 Å². The molecule has 1 aliphatic carbocycles. The first-order valence-corrected chi connectivity index (χ1v) is 15.0. The summed E-state index contributed by atoms with van der Waals surface area (Å²) in [6.45, 7) is 5.86. The van der Waals surface area contributed by atoms with Crippen molar-refractivity contribution in [3.63, 3.8) is 0 Å². The van der Waals surface area contributed by atoms with Crippen molar-refractivity contribution >= 4 is 11.9 Å². The Morgan fingerprint density at radius 2 is 1.66 bits per heavy atom. The highest BCUT2D eigenvalue weighted by atomic mass is 19.4. The lowest BCUT2D eigenvalue weighted by molar-refractivity contribution is -0.376. The summed E-state index contributed by atoms with van der Waals surface area (Å²) in [4.78, 5) is 27.9. The van der Waals surface area contributed by atoms with Crippen LogP contribution in [0.4, 0.5) is 31.1 Å². The van der Waals surface area contributed by atoms with Crippen LogP contribution < -0.4 is 10.1 Å². The number of carbonyl (C=O) groups is 2. The molecule has 4 rings (SSSR count). The summed E-state index contributed by atoms with van der Waals surface area (Å²) in [5.74, 6) is 0.259. The zero-order valence-electron chi connectivity index (χ0n) is 25.0. The molecule has 3 amide bonds. The van der Waals surface area contributed by atoms with Crippen molar-refractivity contribution in [2.24, 2.45) is 0 Å². The van der Waals surface area contributed by atoms with E-state index in [-0.39, 0.29) is 36.8 Å². The molecule has 44 heavy (non-hydrogen) atoms. The maximum atomic E-state index is 13.7. The predicted octanol–water partition coefficient (Wildman–Crippen LogP) is 7.54. The summed E-state index contributed by atoms with van der Waals surface area (Å²) in [6, 6.07) is 7.69. The summed E-state index contributed by atoms with van der Waals surface area (Å²) in [5, 5.41) is 12.7. The number of benzene rings is 2. The van der Waals surface area contributed by atoms with Gasteiger partial charge >= 0.3 is 18.4 Å². The van der Waals surface area contributed by atoms with Gasteiger partial charge < -0.3 is 15.2 Å². The molecule has 2 fully saturated rings. The number of aliphatic hydroxyl groups is 1. The van der Waals surface area contributed by atoms with E-state index in [0.717, 1.165) is 30.0 Å². The first kappa shape index (κ1) is 33.6. The Kier molecular flexibility index (Phi) is 9.63. The van der Waals surface area contributed by atoms with Crippen LogP contribution >= 0.6 is 0 Å². The Morgan fingerprint density at radius 3 is 2.25 bits per heavy atom. The van der Waals surface area contributed by atoms with Crippen LogP contribution in [-0.4, -0.2) is 47.4 Å². The number of unbranched alkanes of at least 4 members (excludes halogenated alkanes) is 1. The van der Waals surface area contributed by atoms with Gasteiger partial charge in [-0.1, -0.05) is 51.0 Å². The largest absolute Gasteiger partial charge is 0.493 e. The van der Waals surface area contributed by atoms with E-state index < -0.39 is 35.1 Å². The topological polar surface area (TPSA) is 78.9 Å². The molecule has 6 nitrogen and oxygen atoms in total. The normalized spacial score (nSPS) is 19.5. The molecule has 1 saturated heterocycles. The van der Waals surface area contributed by atoms with E-state index in [4.69, 9.17) is 4.74 Å². The Morgan fingerprint density at radius 1 is 0.977 bits per heavy atom. The molecule has 1 heterocycles. The number of carbonyl (C=O) groups excluding carboxylic acids is 2. The third kappa shape index (κ3) is 6.27. The molecule has 2 aliphatic rings. The molecule has 2 aromatic carbocycles. The summed E-state index contributed by atoms with van der Waals surface area (Å²) in [7, 11) is 0. The number of nitrogens with zero attached hydrogens (tertiary/aromatic N) is 1. The third-order valence-electron chi connectivity index (χ3n) is 8.44. The molecule has 0 aromatic heterocycles. The minimum absolute atomic E-state index is 0.0470. The van der Waals surface area contributed by atoms with E-state index in [1.807, 2.05) is 32.0 Å². The van der Waals surface area contributed by atoms with Crippen LogP contribution in [-0.2, 0) is 22.4 Å². The lowest BCUT2D eigenvalue weighted by atomic mass is 9.83. The van der Waals surface area contributed by atoms with Crippen LogP contribution in [0.5, 0.6) is 5.75 Å². The highest BCUT2D eigenvalue weighted by molar-refractivity contribution is 6.07. The van der Waals surface area contributed by atoms with E-state index in [2.05, 4.69) is 5.32 Å². The van der Waals surface area contributed by atoms with E-state index in [9.17, 15) is 41.0 Å². The molecule has 0 bridgehead atoms. The molecule has 12 heteroatoms. The molecule has 1 unspecified atom stereocenters. The number of imide groups is 1. The number of hydrogen-bond acceptors (Lipinski definition) is 4. The van der Waals surface area contributed by atoms with Crippen LogP contribution in [0.25, 0.3) is 0 Å². The first-order chi connectivity index (χ1) is 20.6. The fourth-order valence-corrected chi connectivity index (χ4v) is 5.91. The SMILES string of the molecule is CCCc1cc(C(O)(C(F)(F)F)C(F)(F)F)ccc1OCCCCN1C(=O)NC(CCC)(c2ccc(C)c(C3CC3)c2)C1=O. The minimum atomic E-state index is -5.98. The molecular weight excluding hydrogens is 590 g/mol. The van der Waals surface area contributed by atoms with Crippen LogP contribution in [0, 0.1) is 6.92 Å². The van der Waals surface area contributed by atoms with Crippen LogP contribution in [0.1, 0.15) is 92.5 Å². The number of nitrogens with one attached hydrogen (secondary N) is 1. The van der Waals surface area contributed by atoms with Crippen molar-refractivity contribution in [2.75, 3.05) is 13.2 Å². The van der Waals surface area contributed by atoms with Gasteiger partial charge in [0.2, 0.25) is 0 Å². The minimum Gasteiger partial charge on any atom is -0.493 e. The zero-order chi connectivity index (χ0) is 32.5. The molecule has 242 valence electrons. The summed E-state index contributed by atoms with van der Waals surface area (Å²) >= 11 is 0. The molecular formula is C32H38F6N2O4. The van der Waals surface area contributed by atoms with E-state index in [1.54, 1.807) is 6.92 Å². The Bertz CT molecular complexity index is 1360. The van der Waals surface area contributed by atoms with Crippen LogP contribution in [0.2, 0.25) is 0 Å². The summed E-state index contributed by atoms with van der Waals surface area (Å²) in [6.07, 6.45) is -7.39. The number of alkyl halides is 6. The van der Waals surface area contributed by atoms with Crippen LogP contribution in [0.15, 0.2) is 36.4 Å². The number of urea groups is 1. The van der Waals surface area contributed by atoms with Gasteiger partial charge in [-0.25, -0.2) is 4.79 Å². The number of amides is 3. The number of halogens is 6. The van der Waals surface area contributed by atoms with Crippen molar-refractivity contribution in [2.45, 2.75) is 102 Å². The summed E-state index contributed by atoms with van der Waals surface area (Å²) in [5.41, 5.74) is -4.28. The average molecular weight is 629 g/mol. The number of aryl methyl sites for hydroxylation is 2. The average Bonchev–Trinajstić information content (AvgIpc) is 3.75. The smallest absolute Gasteiger partial charge is 0.430 e. The van der Waals surface area contributed by atoms with Crippen LogP contribution in [0.3, 0.4) is 0 Å². The highest BCUT2D eigenvalue weighted by Crippen LogP contribution is 2.50. The lowest BCUT2D eigenvalue weighted by Gasteiger charge is -2.33. The van der Waals surface area contributed by atoms with Crippen molar-refractivity contribution in [1.82, 2.24) is 10.2 Å². The van der Waals surface area contributed by atoms with E-state index in [0.29, 0.717) is 50.2 Å². The van der Waals surface area contributed by atoms with Crippen molar-refractivity contribution in [3.05, 3.63) is 64.2 Å². The fourth-order valence-electron chi connectivity index (χ4n) is 5.91. The second-order valence-electron chi connectivity index (χ2n) is 11.7. The van der Waals surface area contributed by atoms with Crippen molar-refractivity contribution in [3.8, 4) is 5.75 Å². The fraction of sp³-hybridized carbons (Fsp3) is 0.562. The predicted molar refractivity (Wildman–Crippen MR) is 151 cm³/mol. The van der Waals surface area contributed by atoms with E-state index >= 15 is 0 Å². The number of hydrogen-bond donors (Lipinski definition) is 2. The standard InChI is InChI=1S/C32H38F6N2O4/c1-4-8-22-18-24(30(43,31(33,34)35)32(36,37)38)13-14-26(22)44-17-7-6-16-40-27(41)29(15-5-2,39-28(40)42)23-12-9-20(3)25(19-23)21-10-11-21/h9,12-14,18-19,21,43H,4-8,10-11,15-17H2,1-3H3,(H,39,42). The van der Waals surface area contributed by atoms with Gasteiger partial charge in [0, 0.05) is 12.1 Å². The second kappa shape index (κ2) is 12.6. The second-order valence-corrected chi connectivity index (χ2v) is 11.7. The number of rotatable bonds is 13. The summed E-state index contributed by atoms with van der Waals surface area (Å²) < 4.78 is 85.9. The van der Waals surface area contributed by atoms with Gasteiger partial charge in [0.25, 0.3) is 11.5 Å². The van der Waals surface area contributed by atoms with Gasteiger partial charge in [-0.3, -0.25) is 9.69 Å². The Balaban J connectivity index is 1.42. The molecule has 1 saturated carbocycles. The maximum Gasteiger partial charge on any atom is 0.430 e.